The zero-order valence-corrected chi connectivity index (χ0v) is 11.8. The molecule has 1 rings (SSSR count). The van der Waals surface area contributed by atoms with Gasteiger partial charge in [-0.25, -0.2) is 0 Å². The first-order valence-corrected chi connectivity index (χ1v) is 7.23. The molecule has 2 N–H and O–H groups in total. The number of hydrogen-bond acceptors (Lipinski definition) is 2. The van der Waals surface area contributed by atoms with E-state index in [1.54, 1.807) is 0 Å². The first-order chi connectivity index (χ1) is 8.66. The Hall–Kier alpha value is -0.830. The molecule has 0 aliphatic heterocycles. The average molecular weight is 252 g/mol. The van der Waals surface area contributed by atoms with E-state index < -0.39 is 0 Å². The molecular formula is C15H28N2O. The summed E-state index contributed by atoms with van der Waals surface area (Å²) in [5.74, 6) is 0.260. The minimum atomic E-state index is -0.278. The number of allylic oxidation sites excluding steroid dienone is 1. The van der Waals surface area contributed by atoms with Gasteiger partial charge >= 0.3 is 0 Å². The van der Waals surface area contributed by atoms with Gasteiger partial charge in [0.2, 0.25) is 5.91 Å². The Morgan fingerprint density at radius 3 is 2.44 bits per heavy atom. The Bertz CT molecular complexity index is 268. The summed E-state index contributed by atoms with van der Waals surface area (Å²) in [6.07, 6.45) is 10.6. The van der Waals surface area contributed by atoms with Crippen molar-refractivity contribution < 1.29 is 4.79 Å². The van der Waals surface area contributed by atoms with Crippen LogP contribution in [0, 0.1) is 5.41 Å². The maximum absolute atomic E-state index is 12.6. The normalized spacial score (nSPS) is 19.0. The van der Waals surface area contributed by atoms with Gasteiger partial charge in [0, 0.05) is 20.1 Å². The molecule has 1 amide bonds. The lowest BCUT2D eigenvalue weighted by atomic mass is 9.79. The van der Waals surface area contributed by atoms with Gasteiger partial charge in [-0.1, -0.05) is 31.8 Å². The lowest BCUT2D eigenvalue weighted by Gasteiger charge is -2.34. The Balaban J connectivity index is 2.61. The Morgan fingerprint density at radius 2 is 1.94 bits per heavy atom. The van der Waals surface area contributed by atoms with Crippen LogP contribution in [0.1, 0.15) is 51.4 Å². The monoisotopic (exact) mass is 252 g/mol. The lowest BCUT2D eigenvalue weighted by molar-refractivity contribution is -0.141. The minimum Gasteiger partial charge on any atom is -0.345 e. The van der Waals surface area contributed by atoms with Gasteiger partial charge < -0.3 is 10.6 Å². The van der Waals surface area contributed by atoms with Crippen molar-refractivity contribution in [3.63, 3.8) is 0 Å². The number of carbonyl (C=O) groups excluding carboxylic acids is 1. The highest BCUT2D eigenvalue weighted by atomic mass is 16.2. The molecule has 18 heavy (non-hydrogen) atoms. The second-order valence-electron chi connectivity index (χ2n) is 5.56. The van der Waals surface area contributed by atoms with Crippen molar-refractivity contribution in [3.8, 4) is 0 Å². The highest BCUT2D eigenvalue weighted by molar-refractivity contribution is 5.82. The molecule has 0 radical (unpaired) electrons. The average Bonchev–Trinajstić information content (AvgIpc) is 2.64. The number of unbranched alkanes of at least 4 members (excludes halogenated alkanes) is 1. The molecule has 0 aromatic carbocycles. The van der Waals surface area contributed by atoms with E-state index in [-0.39, 0.29) is 11.3 Å². The predicted octanol–water partition coefficient (Wildman–Crippen LogP) is 2.71. The maximum Gasteiger partial charge on any atom is 0.229 e. The number of carbonyl (C=O) groups is 1. The second-order valence-corrected chi connectivity index (χ2v) is 5.56. The van der Waals surface area contributed by atoms with E-state index in [0.29, 0.717) is 6.54 Å². The molecule has 0 unspecified atom stereocenters. The van der Waals surface area contributed by atoms with Crippen LogP contribution in [0.3, 0.4) is 0 Å². The molecule has 0 bridgehead atoms. The molecule has 1 saturated carbocycles. The fourth-order valence-corrected chi connectivity index (χ4v) is 2.89. The van der Waals surface area contributed by atoms with Crippen molar-refractivity contribution in [1.29, 1.82) is 0 Å². The van der Waals surface area contributed by atoms with Crippen LogP contribution in [0.2, 0.25) is 0 Å². The molecule has 0 aromatic heterocycles. The van der Waals surface area contributed by atoms with Gasteiger partial charge in [0.15, 0.2) is 0 Å². The largest absolute Gasteiger partial charge is 0.345 e. The number of hydrogen-bond donors (Lipinski definition) is 1. The lowest BCUT2D eigenvalue weighted by Crippen LogP contribution is -2.46. The molecule has 1 aliphatic carbocycles. The van der Waals surface area contributed by atoms with Crippen molar-refractivity contribution in [2.24, 2.45) is 11.1 Å². The molecule has 104 valence electrons. The van der Waals surface area contributed by atoms with Crippen molar-refractivity contribution in [1.82, 2.24) is 4.90 Å². The molecule has 0 spiro atoms. The minimum absolute atomic E-state index is 0.260. The summed E-state index contributed by atoms with van der Waals surface area (Å²) in [4.78, 5) is 14.5. The summed E-state index contributed by atoms with van der Waals surface area (Å²) in [6, 6.07) is 0. The fraction of sp³-hybridized carbons (Fsp3) is 0.800. The van der Waals surface area contributed by atoms with Gasteiger partial charge in [0.05, 0.1) is 5.41 Å². The Labute approximate surface area is 111 Å². The molecule has 1 aliphatic rings. The molecule has 0 aromatic rings. The van der Waals surface area contributed by atoms with E-state index in [9.17, 15) is 4.79 Å². The van der Waals surface area contributed by atoms with E-state index in [1.165, 1.54) is 12.8 Å². The van der Waals surface area contributed by atoms with Gasteiger partial charge in [0.25, 0.3) is 0 Å². The van der Waals surface area contributed by atoms with Crippen LogP contribution in [0.15, 0.2) is 12.7 Å². The van der Waals surface area contributed by atoms with Gasteiger partial charge in [-0.3, -0.25) is 4.79 Å². The Kier molecular flexibility index (Phi) is 6.41. The third kappa shape index (κ3) is 3.84. The summed E-state index contributed by atoms with van der Waals surface area (Å²) < 4.78 is 0. The molecule has 0 atom stereocenters. The molecular weight excluding hydrogens is 224 g/mol. The van der Waals surface area contributed by atoms with E-state index in [2.05, 4.69) is 6.58 Å². The van der Waals surface area contributed by atoms with Gasteiger partial charge in [-0.2, -0.15) is 0 Å². The number of nitrogens with two attached hydrogens (primary N) is 1. The molecule has 0 saturated heterocycles. The van der Waals surface area contributed by atoms with Crippen LogP contribution in [-0.2, 0) is 4.79 Å². The van der Waals surface area contributed by atoms with Gasteiger partial charge in [0.1, 0.15) is 0 Å². The van der Waals surface area contributed by atoms with Crippen LogP contribution in [0.4, 0.5) is 0 Å². The number of rotatable bonds is 6. The van der Waals surface area contributed by atoms with E-state index in [4.69, 9.17) is 5.73 Å². The van der Waals surface area contributed by atoms with Gasteiger partial charge in [-0.15, -0.1) is 6.58 Å². The van der Waals surface area contributed by atoms with E-state index in [0.717, 1.165) is 45.1 Å². The number of nitrogens with zero attached hydrogens (tertiary/aromatic N) is 1. The molecule has 3 nitrogen and oxygen atoms in total. The van der Waals surface area contributed by atoms with Crippen molar-refractivity contribution in [2.45, 2.75) is 51.4 Å². The molecule has 0 heterocycles. The van der Waals surface area contributed by atoms with Crippen molar-refractivity contribution >= 4 is 5.91 Å². The molecule has 3 heteroatoms. The van der Waals surface area contributed by atoms with Crippen LogP contribution in [0.25, 0.3) is 0 Å². The third-order valence-corrected chi connectivity index (χ3v) is 4.15. The zero-order chi connectivity index (χ0) is 13.4. The maximum atomic E-state index is 12.6. The quantitative estimate of drug-likeness (QED) is 0.449. The zero-order valence-electron chi connectivity index (χ0n) is 11.8. The standard InChI is InChI=1S/C15H28N2O/c1-3-4-9-12-17(2)14(18)15(13-16)10-7-5-6-8-11-15/h3H,1,4-13,16H2,2H3. The number of amides is 1. The highest BCUT2D eigenvalue weighted by Gasteiger charge is 2.38. The van der Waals surface area contributed by atoms with E-state index in [1.807, 2.05) is 18.0 Å². The second kappa shape index (κ2) is 7.57. The van der Waals surface area contributed by atoms with Crippen molar-refractivity contribution in [2.75, 3.05) is 20.1 Å². The van der Waals surface area contributed by atoms with Crippen LogP contribution in [-0.4, -0.2) is 30.9 Å². The van der Waals surface area contributed by atoms with E-state index >= 15 is 0 Å². The summed E-state index contributed by atoms with van der Waals surface area (Å²) >= 11 is 0. The summed E-state index contributed by atoms with van der Waals surface area (Å²) in [5.41, 5.74) is 5.66. The first kappa shape index (κ1) is 15.2. The van der Waals surface area contributed by atoms with Crippen LogP contribution in [0.5, 0.6) is 0 Å². The fourth-order valence-electron chi connectivity index (χ4n) is 2.89. The summed E-state index contributed by atoms with van der Waals surface area (Å²) in [7, 11) is 1.91. The van der Waals surface area contributed by atoms with Crippen LogP contribution >= 0.6 is 0 Å². The highest BCUT2D eigenvalue weighted by Crippen LogP contribution is 2.35. The smallest absolute Gasteiger partial charge is 0.229 e. The summed E-state index contributed by atoms with van der Waals surface area (Å²) in [5, 5.41) is 0. The summed E-state index contributed by atoms with van der Waals surface area (Å²) in [6.45, 7) is 5.02. The van der Waals surface area contributed by atoms with Crippen LogP contribution < -0.4 is 5.73 Å². The van der Waals surface area contributed by atoms with Gasteiger partial charge in [-0.05, 0) is 25.7 Å². The van der Waals surface area contributed by atoms with Crippen molar-refractivity contribution in [3.05, 3.63) is 12.7 Å². The first-order valence-electron chi connectivity index (χ1n) is 7.23. The predicted molar refractivity (Wildman–Crippen MR) is 76.3 cm³/mol. The SMILES string of the molecule is C=CCCCN(C)C(=O)C1(CN)CCCCCC1. The topological polar surface area (TPSA) is 46.3 Å². The third-order valence-electron chi connectivity index (χ3n) is 4.15. The Morgan fingerprint density at radius 1 is 1.33 bits per heavy atom. The molecule has 1 fully saturated rings.